The SMILES string of the molecule is CN(CC(=O)NC1CCc2c(F)cccc21)c1ccc(C#N)cn1. The molecule has 0 saturated carbocycles. The predicted octanol–water partition coefficient (Wildman–Crippen LogP) is 2.33. The summed E-state index contributed by atoms with van der Waals surface area (Å²) in [5, 5.41) is 11.7. The third-order valence-corrected chi connectivity index (χ3v) is 4.20. The van der Waals surface area contributed by atoms with Crippen molar-refractivity contribution >= 4 is 11.7 Å². The van der Waals surface area contributed by atoms with E-state index in [1.807, 2.05) is 12.1 Å². The number of carbonyl (C=O) groups is 1. The van der Waals surface area contributed by atoms with Crippen LogP contribution < -0.4 is 10.2 Å². The third-order valence-electron chi connectivity index (χ3n) is 4.20. The summed E-state index contributed by atoms with van der Waals surface area (Å²) in [7, 11) is 1.76. The lowest BCUT2D eigenvalue weighted by Gasteiger charge is -2.20. The molecule has 0 bridgehead atoms. The van der Waals surface area contributed by atoms with Gasteiger partial charge in [0.05, 0.1) is 18.2 Å². The number of aromatic nitrogens is 1. The van der Waals surface area contributed by atoms with Crippen molar-refractivity contribution in [2.45, 2.75) is 18.9 Å². The van der Waals surface area contributed by atoms with E-state index in [2.05, 4.69) is 10.3 Å². The summed E-state index contributed by atoms with van der Waals surface area (Å²) >= 11 is 0. The maximum Gasteiger partial charge on any atom is 0.240 e. The standard InChI is InChI=1S/C18H17FN4O/c1-23(17-8-5-12(9-20)10-21-17)11-18(24)22-16-7-6-13-14(16)3-2-4-15(13)19/h2-5,8,10,16H,6-7,11H2,1H3,(H,22,24). The molecule has 1 amide bonds. The van der Waals surface area contributed by atoms with Crippen LogP contribution in [0.4, 0.5) is 10.2 Å². The molecule has 2 aromatic rings. The molecule has 122 valence electrons. The van der Waals surface area contributed by atoms with Gasteiger partial charge in [0, 0.05) is 13.2 Å². The molecule has 1 heterocycles. The molecule has 3 rings (SSSR count). The smallest absolute Gasteiger partial charge is 0.240 e. The minimum Gasteiger partial charge on any atom is -0.350 e. The number of likely N-dealkylation sites (N-methyl/N-ethyl adjacent to an activating group) is 1. The first-order chi connectivity index (χ1) is 11.6. The molecule has 0 aliphatic heterocycles. The van der Waals surface area contributed by atoms with Crippen LogP contribution in [0.2, 0.25) is 0 Å². The molecule has 5 nitrogen and oxygen atoms in total. The summed E-state index contributed by atoms with van der Waals surface area (Å²) in [6, 6.07) is 10.2. The Morgan fingerprint density at radius 2 is 2.29 bits per heavy atom. The zero-order valence-corrected chi connectivity index (χ0v) is 13.3. The number of hydrogen-bond donors (Lipinski definition) is 1. The Labute approximate surface area is 139 Å². The molecule has 1 unspecified atom stereocenters. The van der Waals surface area contributed by atoms with E-state index in [9.17, 15) is 9.18 Å². The van der Waals surface area contributed by atoms with Crippen molar-refractivity contribution < 1.29 is 9.18 Å². The number of nitrogens with one attached hydrogen (secondary N) is 1. The first-order valence-corrected chi connectivity index (χ1v) is 7.72. The number of carbonyl (C=O) groups excluding carboxylic acids is 1. The van der Waals surface area contributed by atoms with Crippen molar-refractivity contribution in [3.8, 4) is 6.07 Å². The summed E-state index contributed by atoms with van der Waals surface area (Å²) in [5.41, 5.74) is 2.04. The second-order valence-electron chi connectivity index (χ2n) is 5.84. The fraction of sp³-hybridized carbons (Fsp3) is 0.278. The number of amides is 1. The quantitative estimate of drug-likeness (QED) is 0.937. The van der Waals surface area contributed by atoms with Crippen molar-refractivity contribution in [2.24, 2.45) is 0 Å². The topological polar surface area (TPSA) is 69.0 Å². The highest BCUT2D eigenvalue weighted by Gasteiger charge is 2.26. The minimum atomic E-state index is -0.205. The van der Waals surface area contributed by atoms with Crippen LogP contribution >= 0.6 is 0 Å². The maximum atomic E-state index is 13.7. The fourth-order valence-electron chi connectivity index (χ4n) is 2.97. The number of halogens is 1. The number of benzene rings is 1. The molecule has 0 fully saturated rings. The summed E-state index contributed by atoms with van der Waals surface area (Å²) in [6.07, 6.45) is 2.82. The predicted molar refractivity (Wildman–Crippen MR) is 87.8 cm³/mol. The van der Waals surface area contributed by atoms with Crippen molar-refractivity contribution in [3.63, 3.8) is 0 Å². The molecular formula is C18H17FN4O. The van der Waals surface area contributed by atoms with Gasteiger partial charge in [-0.15, -0.1) is 0 Å². The van der Waals surface area contributed by atoms with E-state index < -0.39 is 0 Å². The van der Waals surface area contributed by atoms with Crippen LogP contribution in [-0.2, 0) is 11.2 Å². The third kappa shape index (κ3) is 3.20. The Kier molecular flexibility index (Phi) is 4.43. The van der Waals surface area contributed by atoms with Crippen molar-refractivity contribution in [2.75, 3.05) is 18.5 Å². The van der Waals surface area contributed by atoms with Crippen LogP contribution in [0.3, 0.4) is 0 Å². The summed E-state index contributed by atoms with van der Waals surface area (Å²) in [4.78, 5) is 18.1. The first-order valence-electron chi connectivity index (χ1n) is 7.72. The second kappa shape index (κ2) is 6.67. The fourth-order valence-corrected chi connectivity index (χ4v) is 2.97. The van der Waals surface area contributed by atoms with Crippen LogP contribution in [-0.4, -0.2) is 24.5 Å². The van der Waals surface area contributed by atoms with Crippen LogP contribution in [0.25, 0.3) is 0 Å². The lowest BCUT2D eigenvalue weighted by atomic mass is 10.1. The maximum absolute atomic E-state index is 13.7. The van der Waals surface area contributed by atoms with E-state index in [4.69, 9.17) is 5.26 Å². The molecular weight excluding hydrogens is 307 g/mol. The molecule has 0 saturated heterocycles. The van der Waals surface area contributed by atoms with E-state index >= 15 is 0 Å². The van der Waals surface area contributed by atoms with Crippen LogP contribution in [0.1, 0.15) is 29.2 Å². The number of pyridine rings is 1. The van der Waals surface area contributed by atoms with Gasteiger partial charge in [0.1, 0.15) is 17.7 Å². The molecule has 1 atom stereocenters. The Balaban J connectivity index is 1.62. The average molecular weight is 324 g/mol. The highest BCUT2D eigenvalue weighted by atomic mass is 19.1. The Morgan fingerprint density at radius 1 is 1.46 bits per heavy atom. The zero-order valence-electron chi connectivity index (χ0n) is 13.3. The zero-order chi connectivity index (χ0) is 17.1. The molecule has 1 aromatic heterocycles. The number of hydrogen-bond acceptors (Lipinski definition) is 4. The van der Waals surface area contributed by atoms with Crippen LogP contribution in [0.5, 0.6) is 0 Å². The van der Waals surface area contributed by atoms with Gasteiger partial charge in [0.25, 0.3) is 0 Å². The first kappa shape index (κ1) is 15.9. The van der Waals surface area contributed by atoms with Crippen molar-refractivity contribution in [3.05, 3.63) is 59.0 Å². The van der Waals surface area contributed by atoms with E-state index in [1.54, 1.807) is 30.1 Å². The normalized spacial score (nSPS) is 15.5. The second-order valence-corrected chi connectivity index (χ2v) is 5.84. The molecule has 1 N–H and O–H groups in total. The summed E-state index contributed by atoms with van der Waals surface area (Å²) in [5.74, 6) is 0.260. The van der Waals surface area contributed by atoms with Gasteiger partial charge in [-0.2, -0.15) is 5.26 Å². The number of nitrogens with zero attached hydrogens (tertiary/aromatic N) is 3. The number of fused-ring (bicyclic) bond motifs is 1. The number of nitriles is 1. The Bertz CT molecular complexity index is 798. The summed E-state index contributed by atoms with van der Waals surface area (Å²) in [6.45, 7) is 0.139. The van der Waals surface area contributed by atoms with E-state index in [1.165, 1.54) is 12.3 Å². The van der Waals surface area contributed by atoms with E-state index in [-0.39, 0.29) is 24.3 Å². The number of rotatable bonds is 4. The van der Waals surface area contributed by atoms with Crippen molar-refractivity contribution in [1.29, 1.82) is 5.26 Å². The van der Waals surface area contributed by atoms with Gasteiger partial charge in [-0.05, 0) is 42.2 Å². The van der Waals surface area contributed by atoms with Gasteiger partial charge in [-0.3, -0.25) is 4.79 Å². The van der Waals surface area contributed by atoms with Gasteiger partial charge >= 0.3 is 0 Å². The van der Waals surface area contributed by atoms with E-state index in [0.29, 0.717) is 29.8 Å². The Hall–Kier alpha value is -2.94. The van der Waals surface area contributed by atoms with E-state index in [0.717, 1.165) is 5.56 Å². The molecule has 0 spiro atoms. The molecule has 6 heteroatoms. The van der Waals surface area contributed by atoms with Gasteiger partial charge in [-0.25, -0.2) is 9.37 Å². The van der Waals surface area contributed by atoms with Gasteiger partial charge in [0.15, 0.2) is 0 Å². The van der Waals surface area contributed by atoms with Crippen LogP contribution in [0.15, 0.2) is 36.5 Å². The number of anilines is 1. The van der Waals surface area contributed by atoms with Crippen molar-refractivity contribution in [1.82, 2.24) is 10.3 Å². The average Bonchev–Trinajstić information content (AvgIpc) is 2.99. The molecule has 1 aliphatic carbocycles. The van der Waals surface area contributed by atoms with Gasteiger partial charge in [-0.1, -0.05) is 12.1 Å². The minimum absolute atomic E-state index is 0.139. The molecule has 1 aromatic carbocycles. The largest absolute Gasteiger partial charge is 0.350 e. The molecule has 1 aliphatic rings. The lowest BCUT2D eigenvalue weighted by Crippen LogP contribution is -2.37. The highest BCUT2D eigenvalue weighted by Crippen LogP contribution is 2.32. The molecule has 0 radical (unpaired) electrons. The summed E-state index contributed by atoms with van der Waals surface area (Å²) < 4.78 is 13.7. The van der Waals surface area contributed by atoms with Crippen LogP contribution in [0, 0.1) is 17.1 Å². The Morgan fingerprint density at radius 3 is 3.00 bits per heavy atom. The van der Waals surface area contributed by atoms with Gasteiger partial charge < -0.3 is 10.2 Å². The lowest BCUT2D eigenvalue weighted by molar-refractivity contribution is -0.120. The molecule has 24 heavy (non-hydrogen) atoms. The highest BCUT2D eigenvalue weighted by molar-refractivity contribution is 5.81. The van der Waals surface area contributed by atoms with Gasteiger partial charge in [0.2, 0.25) is 5.91 Å². The monoisotopic (exact) mass is 324 g/mol.